The molecular formula is C12H22N4O2. The maximum absolute atomic E-state index is 11.5. The number of rotatable bonds is 7. The molecular weight excluding hydrogens is 232 g/mol. The van der Waals surface area contributed by atoms with E-state index in [1.165, 1.54) is 0 Å². The molecule has 1 heterocycles. The molecule has 0 aliphatic heterocycles. The van der Waals surface area contributed by atoms with Gasteiger partial charge in [0, 0.05) is 0 Å². The predicted molar refractivity (Wildman–Crippen MR) is 69.3 cm³/mol. The molecule has 0 spiro atoms. The normalized spacial score (nSPS) is 14.5. The molecule has 3 N–H and O–H groups in total. The van der Waals surface area contributed by atoms with Gasteiger partial charge in [-0.1, -0.05) is 6.92 Å². The van der Waals surface area contributed by atoms with Gasteiger partial charge in [-0.2, -0.15) is 5.10 Å². The molecule has 0 saturated heterocycles. The minimum absolute atomic E-state index is 0.0962. The summed E-state index contributed by atoms with van der Waals surface area (Å²) in [5.74, 6) is 0.291. The van der Waals surface area contributed by atoms with Gasteiger partial charge in [0.15, 0.2) is 5.75 Å². The summed E-state index contributed by atoms with van der Waals surface area (Å²) in [4.78, 5) is 11.5. The number of hydrogen-bond acceptors (Lipinski definition) is 4. The van der Waals surface area contributed by atoms with Gasteiger partial charge in [-0.05, 0) is 27.3 Å². The van der Waals surface area contributed by atoms with Crippen LogP contribution < -0.4 is 15.8 Å². The Morgan fingerprint density at radius 2 is 2.33 bits per heavy atom. The SMILES string of the molecule is CCNC(C)(Cn1cc(OC(C)C)cn1)C(N)=O. The number of carbonyl (C=O) groups is 1. The van der Waals surface area contributed by atoms with Crippen LogP contribution in [0.5, 0.6) is 5.75 Å². The second-order valence-electron chi connectivity index (χ2n) is 4.77. The van der Waals surface area contributed by atoms with E-state index in [-0.39, 0.29) is 6.10 Å². The van der Waals surface area contributed by atoms with Crippen molar-refractivity contribution in [3.8, 4) is 5.75 Å². The number of nitrogens with two attached hydrogens (primary N) is 1. The van der Waals surface area contributed by atoms with E-state index in [1.807, 2.05) is 20.8 Å². The van der Waals surface area contributed by atoms with Gasteiger partial charge in [0.1, 0.15) is 5.54 Å². The molecule has 0 aromatic carbocycles. The molecule has 0 saturated carbocycles. The Hall–Kier alpha value is -1.56. The molecule has 0 aliphatic carbocycles. The number of primary amides is 1. The van der Waals surface area contributed by atoms with E-state index in [2.05, 4.69) is 10.4 Å². The fraction of sp³-hybridized carbons (Fsp3) is 0.667. The Balaban J connectivity index is 2.75. The van der Waals surface area contributed by atoms with E-state index in [1.54, 1.807) is 24.0 Å². The lowest BCUT2D eigenvalue weighted by atomic mass is 10.0. The average Bonchev–Trinajstić information content (AvgIpc) is 2.64. The zero-order valence-corrected chi connectivity index (χ0v) is 11.4. The van der Waals surface area contributed by atoms with Crippen LogP contribution in [0.3, 0.4) is 0 Å². The highest BCUT2D eigenvalue weighted by atomic mass is 16.5. The summed E-state index contributed by atoms with van der Waals surface area (Å²) in [5, 5.41) is 7.24. The smallest absolute Gasteiger partial charge is 0.239 e. The first-order valence-electron chi connectivity index (χ1n) is 6.11. The van der Waals surface area contributed by atoms with Crippen molar-refractivity contribution in [2.45, 2.75) is 45.9 Å². The van der Waals surface area contributed by atoms with Gasteiger partial charge in [0.05, 0.1) is 25.0 Å². The van der Waals surface area contributed by atoms with Crippen molar-refractivity contribution in [2.75, 3.05) is 6.54 Å². The average molecular weight is 254 g/mol. The third-order valence-electron chi connectivity index (χ3n) is 2.57. The van der Waals surface area contributed by atoms with E-state index < -0.39 is 11.4 Å². The third-order valence-corrected chi connectivity index (χ3v) is 2.57. The zero-order chi connectivity index (χ0) is 13.8. The van der Waals surface area contributed by atoms with Crippen molar-refractivity contribution in [3.05, 3.63) is 12.4 Å². The number of nitrogens with one attached hydrogen (secondary N) is 1. The van der Waals surface area contributed by atoms with Gasteiger partial charge in [-0.3, -0.25) is 9.48 Å². The largest absolute Gasteiger partial charge is 0.488 e. The van der Waals surface area contributed by atoms with Gasteiger partial charge in [-0.25, -0.2) is 0 Å². The second kappa shape index (κ2) is 5.86. The monoisotopic (exact) mass is 254 g/mol. The summed E-state index contributed by atoms with van der Waals surface area (Å²) in [5.41, 5.74) is 4.61. The summed E-state index contributed by atoms with van der Waals surface area (Å²) in [6.07, 6.45) is 3.49. The summed E-state index contributed by atoms with van der Waals surface area (Å²) in [6.45, 7) is 8.63. The highest BCUT2D eigenvalue weighted by Gasteiger charge is 2.30. The van der Waals surface area contributed by atoms with E-state index in [9.17, 15) is 4.79 Å². The van der Waals surface area contributed by atoms with Gasteiger partial charge in [0.2, 0.25) is 5.91 Å². The molecule has 6 heteroatoms. The van der Waals surface area contributed by atoms with Gasteiger partial charge >= 0.3 is 0 Å². The topological polar surface area (TPSA) is 82.2 Å². The van der Waals surface area contributed by atoms with E-state index in [0.717, 1.165) is 0 Å². The summed E-state index contributed by atoms with van der Waals surface area (Å²) < 4.78 is 7.17. The fourth-order valence-electron chi connectivity index (χ4n) is 1.70. The molecule has 0 fully saturated rings. The molecule has 1 rings (SSSR count). The van der Waals surface area contributed by atoms with Crippen LogP contribution in [0.15, 0.2) is 12.4 Å². The minimum atomic E-state index is -0.810. The maximum atomic E-state index is 11.5. The Kier molecular flexibility index (Phi) is 4.72. The first-order valence-corrected chi connectivity index (χ1v) is 6.11. The number of hydrogen-bond donors (Lipinski definition) is 2. The van der Waals surface area contributed by atoms with Crippen molar-refractivity contribution in [1.82, 2.24) is 15.1 Å². The quantitative estimate of drug-likeness (QED) is 0.743. The number of likely N-dealkylation sites (N-methyl/N-ethyl adjacent to an activating group) is 1. The molecule has 6 nitrogen and oxygen atoms in total. The highest BCUT2D eigenvalue weighted by molar-refractivity contribution is 5.84. The number of aromatic nitrogens is 2. The molecule has 18 heavy (non-hydrogen) atoms. The first kappa shape index (κ1) is 14.5. The summed E-state index contributed by atoms with van der Waals surface area (Å²) in [6, 6.07) is 0. The van der Waals surface area contributed by atoms with Crippen molar-refractivity contribution >= 4 is 5.91 Å². The lowest BCUT2D eigenvalue weighted by Gasteiger charge is -2.26. The Bertz CT molecular complexity index is 403. The van der Waals surface area contributed by atoms with Crippen molar-refractivity contribution in [1.29, 1.82) is 0 Å². The van der Waals surface area contributed by atoms with Gasteiger partial charge < -0.3 is 15.8 Å². The molecule has 0 radical (unpaired) electrons. The number of ether oxygens (including phenoxy) is 1. The molecule has 1 aromatic heterocycles. The van der Waals surface area contributed by atoms with Crippen LogP contribution in [-0.2, 0) is 11.3 Å². The highest BCUT2D eigenvalue weighted by Crippen LogP contribution is 2.13. The van der Waals surface area contributed by atoms with Crippen LogP contribution in [0.25, 0.3) is 0 Å². The lowest BCUT2D eigenvalue weighted by Crippen LogP contribution is -2.55. The Labute approximate surface area is 107 Å². The van der Waals surface area contributed by atoms with Crippen LogP contribution in [0.1, 0.15) is 27.7 Å². The van der Waals surface area contributed by atoms with Crippen LogP contribution >= 0.6 is 0 Å². The Morgan fingerprint density at radius 3 is 2.83 bits per heavy atom. The van der Waals surface area contributed by atoms with Crippen molar-refractivity contribution in [2.24, 2.45) is 5.73 Å². The minimum Gasteiger partial charge on any atom is -0.488 e. The van der Waals surface area contributed by atoms with E-state index in [4.69, 9.17) is 10.5 Å². The van der Waals surface area contributed by atoms with Crippen molar-refractivity contribution in [3.63, 3.8) is 0 Å². The first-order chi connectivity index (χ1) is 8.37. The third kappa shape index (κ3) is 3.73. The number of nitrogens with zero attached hydrogens (tertiary/aromatic N) is 2. The second-order valence-corrected chi connectivity index (χ2v) is 4.77. The van der Waals surface area contributed by atoms with E-state index in [0.29, 0.717) is 18.8 Å². The number of amides is 1. The molecule has 1 amide bonds. The fourth-order valence-corrected chi connectivity index (χ4v) is 1.70. The van der Waals surface area contributed by atoms with Crippen LogP contribution in [0, 0.1) is 0 Å². The standard InChI is InChI=1S/C12H22N4O2/c1-5-14-12(4,11(13)17)8-16-7-10(6-15-16)18-9(2)3/h6-7,9,14H,5,8H2,1-4H3,(H2,13,17). The molecule has 1 atom stereocenters. The predicted octanol–water partition coefficient (Wildman–Crippen LogP) is 0.524. The molecule has 0 bridgehead atoms. The molecule has 1 unspecified atom stereocenters. The molecule has 1 aromatic rings. The lowest BCUT2D eigenvalue weighted by molar-refractivity contribution is -0.124. The van der Waals surface area contributed by atoms with Gasteiger partial charge in [-0.15, -0.1) is 0 Å². The van der Waals surface area contributed by atoms with Crippen molar-refractivity contribution < 1.29 is 9.53 Å². The van der Waals surface area contributed by atoms with Crippen LogP contribution in [0.4, 0.5) is 0 Å². The number of carbonyl (C=O) groups excluding carboxylic acids is 1. The van der Waals surface area contributed by atoms with E-state index >= 15 is 0 Å². The molecule has 0 aliphatic rings. The van der Waals surface area contributed by atoms with Crippen LogP contribution in [-0.4, -0.2) is 33.9 Å². The zero-order valence-electron chi connectivity index (χ0n) is 11.4. The molecule has 102 valence electrons. The summed E-state index contributed by atoms with van der Waals surface area (Å²) in [7, 11) is 0. The van der Waals surface area contributed by atoms with Crippen LogP contribution in [0.2, 0.25) is 0 Å². The maximum Gasteiger partial charge on any atom is 0.239 e. The Morgan fingerprint density at radius 1 is 1.67 bits per heavy atom. The summed E-state index contributed by atoms with van der Waals surface area (Å²) >= 11 is 0. The van der Waals surface area contributed by atoms with Gasteiger partial charge in [0.25, 0.3) is 0 Å².